The van der Waals surface area contributed by atoms with E-state index in [2.05, 4.69) is 0 Å². The summed E-state index contributed by atoms with van der Waals surface area (Å²) in [6.45, 7) is 3.57. The Morgan fingerprint density at radius 3 is 2.68 bits per heavy atom. The highest BCUT2D eigenvalue weighted by Gasteiger charge is 2.59. The molecule has 0 aromatic heterocycles. The third-order valence-electron chi connectivity index (χ3n) is 4.58. The zero-order chi connectivity index (χ0) is 17.8. The summed E-state index contributed by atoms with van der Waals surface area (Å²) < 4.78 is 28.9. The Balaban J connectivity index is 1.66. The molecule has 3 aliphatic heterocycles. The van der Waals surface area contributed by atoms with Gasteiger partial charge in [-0.1, -0.05) is 18.2 Å². The minimum Gasteiger partial charge on any atom is -0.476 e. The smallest absolute Gasteiger partial charge is 0.290 e. The van der Waals surface area contributed by atoms with E-state index in [1.807, 2.05) is 6.07 Å². The van der Waals surface area contributed by atoms with Gasteiger partial charge in [-0.2, -0.15) is 0 Å². The molecule has 0 aliphatic carbocycles. The van der Waals surface area contributed by atoms with Crippen LogP contribution < -0.4 is 4.74 Å². The minimum atomic E-state index is -0.921. The van der Waals surface area contributed by atoms with Crippen LogP contribution in [0.1, 0.15) is 19.4 Å². The Morgan fingerprint density at radius 1 is 1.20 bits per heavy atom. The van der Waals surface area contributed by atoms with Crippen LogP contribution in [0.25, 0.3) is 6.08 Å². The first kappa shape index (κ1) is 16.5. The topological polar surface area (TPSA) is 89.3 Å². The van der Waals surface area contributed by atoms with Gasteiger partial charge in [0.2, 0.25) is 6.10 Å². The summed E-state index contributed by atoms with van der Waals surface area (Å²) in [5.41, 5.74) is 0.580. The number of fused-ring (bicyclic) bond motifs is 2. The number of hydrogen-bond donors (Lipinski definition) is 0. The number of hydrogen-bond acceptors (Lipinski definition) is 7. The summed E-state index contributed by atoms with van der Waals surface area (Å²) in [7, 11) is 1.52. The van der Waals surface area contributed by atoms with Gasteiger partial charge in [0.15, 0.2) is 12.1 Å². The molecular formula is C17H19NO7. The van der Waals surface area contributed by atoms with E-state index in [1.165, 1.54) is 13.2 Å². The molecule has 0 unspecified atom stereocenters. The van der Waals surface area contributed by atoms with Crippen LogP contribution >= 0.6 is 0 Å². The number of nitro groups is 1. The summed E-state index contributed by atoms with van der Waals surface area (Å²) in [6, 6.07) is 7.15. The normalized spacial score (nSPS) is 35.5. The molecule has 2 saturated heterocycles. The largest absolute Gasteiger partial charge is 0.476 e. The lowest BCUT2D eigenvalue weighted by Gasteiger charge is -2.31. The van der Waals surface area contributed by atoms with Crippen molar-refractivity contribution in [3.8, 4) is 5.75 Å². The van der Waals surface area contributed by atoms with E-state index >= 15 is 0 Å². The minimum absolute atomic E-state index is 0.0787. The second-order valence-electron chi connectivity index (χ2n) is 6.67. The molecule has 3 aliphatic rings. The van der Waals surface area contributed by atoms with Crippen molar-refractivity contribution in [2.75, 3.05) is 7.11 Å². The first-order valence-electron chi connectivity index (χ1n) is 8.05. The average Bonchev–Trinajstić information content (AvgIpc) is 3.04. The Labute approximate surface area is 144 Å². The molecule has 8 heteroatoms. The molecule has 5 atom stereocenters. The van der Waals surface area contributed by atoms with Gasteiger partial charge >= 0.3 is 0 Å². The van der Waals surface area contributed by atoms with E-state index in [4.69, 9.17) is 23.7 Å². The molecular weight excluding hydrogens is 330 g/mol. The lowest BCUT2D eigenvalue weighted by atomic mass is 9.99. The fraction of sp³-hybridized carbons (Fsp3) is 0.529. The van der Waals surface area contributed by atoms with Crippen LogP contribution in [-0.4, -0.2) is 48.5 Å². The predicted molar refractivity (Wildman–Crippen MR) is 85.3 cm³/mol. The molecule has 2 fully saturated rings. The van der Waals surface area contributed by atoms with E-state index in [0.717, 1.165) is 0 Å². The quantitative estimate of drug-likeness (QED) is 0.609. The van der Waals surface area contributed by atoms with Crippen molar-refractivity contribution in [2.24, 2.45) is 0 Å². The van der Waals surface area contributed by atoms with Crippen LogP contribution in [0.3, 0.4) is 0 Å². The Morgan fingerprint density at radius 2 is 1.96 bits per heavy atom. The van der Waals surface area contributed by atoms with Crippen LogP contribution in [0.5, 0.6) is 5.75 Å². The number of benzene rings is 1. The fourth-order valence-electron chi connectivity index (χ4n) is 3.55. The first-order valence-corrected chi connectivity index (χ1v) is 8.05. The van der Waals surface area contributed by atoms with Gasteiger partial charge in [-0.3, -0.25) is 10.1 Å². The van der Waals surface area contributed by atoms with Crippen molar-refractivity contribution < 1.29 is 28.6 Å². The van der Waals surface area contributed by atoms with Gasteiger partial charge in [0.25, 0.3) is 5.70 Å². The zero-order valence-electron chi connectivity index (χ0n) is 14.1. The highest BCUT2D eigenvalue weighted by Crippen LogP contribution is 2.42. The van der Waals surface area contributed by atoms with E-state index in [-0.39, 0.29) is 5.70 Å². The number of methoxy groups -OCH3 is 1. The predicted octanol–water partition coefficient (Wildman–Crippen LogP) is 1.96. The second kappa shape index (κ2) is 5.77. The lowest BCUT2D eigenvalue weighted by Crippen LogP contribution is -2.47. The van der Waals surface area contributed by atoms with Gasteiger partial charge < -0.3 is 23.7 Å². The molecule has 1 aromatic carbocycles. The standard InChI is InChI=1S/C17H19NO7/c1-17(2)24-15-13(21-3)14(23-16(15)25-17)12-10(18(19)20)8-9-6-4-5-7-11(9)22-12/h4-8,12-16H,1-3H3/t12-,13+,14-,15-,16-/m1/s1. The van der Waals surface area contributed by atoms with Crippen LogP contribution in [-0.2, 0) is 18.9 Å². The van der Waals surface area contributed by atoms with Crippen LogP contribution in [0.2, 0.25) is 0 Å². The van der Waals surface area contributed by atoms with Gasteiger partial charge in [0.1, 0.15) is 24.1 Å². The molecule has 0 amide bonds. The highest BCUT2D eigenvalue weighted by atomic mass is 16.8. The van der Waals surface area contributed by atoms with E-state index in [9.17, 15) is 10.1 Å². The average molecular weight is 349 g/mol. The van der Waals surface area contributed by atoms with Crippen molar-refractivity contribution in [1.82, 2.24) is 0 Å². The van der Waals surface area contributed by atoms with Gasteiger partial charge in [0, 0.05) is 18.7 Å². The molecule has 1 aromatic rings. The van der Waals surface area contributed by atoms with E-state index in [0.29, 0.717) is 11.3 Å². The summed E-state index contributed by atoms with van der Waals surface area (Å²) in [6.07, 6.45) is -1.81. The molecule has 0 N–H and O–H groups in total. The lowest BCUT2D eigenvalue weighted by molar-refractivity contribution is -0.437. The third-order valence-corrected chi connectivity index (χ3v) is 4.58. The molecule has 3 heterocycles. The van der Waals surface area contributed by atoms with Crippen molar-refractivity contribution >= 4 is 6.08 Å². The summed E-state index contributed by atoms with van der Waals surface area (Å²) in [5.74, 6) is -0.227. The molecule has 8 nitrogen and oxygen atoms in total. The monoisotopic (exact) mass is 349 g/mol. The Bertz CT molecular complexity index is 731. The van der Waals surface area contributed by atoms with Crippen molar-refractivity contribution in [3.63, 3.8) is 0 Å². The maximum Gasteiger partial charge on any atom is 0.290 e. The zero-order valence-corrected chi connectivity index (χ0v) is 14.1. The van der Waals surface area contributed by atoms with E-state index < -0.39 is 41.4 Å². The molecule has 0 bridgehead atoms. The van der Waals surface area contributed by atoms with Crippen molar-refractivity contribution in [1.29, 1.82) is 0 Å². The number of ether oxygens (including phenoxy) is 5. The highest BCUT2D eigenvalue weighted by molar-refractivity contribution is 5.61. The molecule has 0 spiro atoms. The van der Waals surface area contributed by atoms with Crippen molar-refractivity contribution in [2.45, 2.75) is 50.3 Å². The Hall–Kier alpha value is -2.00. The van der Waals surface area contributed by atoms with Crippen LogP contribution in [0.15, 0.2) is 30.0 Å². The van der Waals surface area contributed by atoms with Crippen molar-refractivity contribution in [3.05, 3.63) is 45.6 Å². The molecule has 0 radical (unpaired) electrons. The van der Waals surface area contributed by atoms with Gasteiger partial charge in [-0.25, -0.2) is 0 Å². The summed E-state index contributed by atoms with van der Waals surface area (Å²) in [4.78, 5) is 11.1. The maximum absolute atomic E-state index is 11.6. The number of rotatable bonds is 3. The SMILES string of the molecule is CO[C@@H]1[C@H]2OC(C)(C)O[C@H]2O[C@@H]1[C@@H]1Oc2ccccc2C=C1[N+](=O)[O-]. The number of para-hydroxylation sites is 1. The first-order chi connectivity index (χ1) is 11.9. The molecule has 134 valence electrons. The maximum atomic E-state index is 11.6. The molecule has 25 heavy (non-hydrogen) atoms. The van der Waals surface area contributed by atoms with Gasteiger partial charge in [0.05, 0.1) is 4.92 Å². The van der Waals surface area contributed by atoms with Gasteiger partial charge in [-0.15, -0.1) is 0 Å². The molecule has 0 saturated carbocycles. The van der Waals surface area contributed by atoms with Crippen LogP contribution in [0.4, 0.5) is 0 Å². The Kier molecular flexibility index (Phi) is 3.80. The van der Waals surface area contributed by atoms with Gasteiger partial charge in [-0.05, 0) is 19.9 Å². The summed E-state index contributed by atoms with van der Waals surface area (Å²) >= 11 is 0. The number of nitrogens with zero attached hydrogens (tertiary/aromatic N) is 1. The molecule has 4 rings (SSSR count). The second-order valence-corrected chi connectivity index (χ2v) is 6.67. The summed E-state index contributed by atoms with van der Waals surface area (Å²) in [5, 5.41) is 11.6. The third kappa shape index (κ3) is 2.71. The van der Waals surface area contributed by atoms with Crippen LogP contribution in [0, 0.1) is 10.1 Å². The fourth-order valence-corrected chi connectivity index (χ4v) is 3.55. The van der Waals surface area contributed by atoms with E-state index in [1.54, 1.807) is 32.0 Å².